The zero-order chi connectivity index (χ0) is 13.0. The molecule has 1 N–H and O–H groups in total. The van der Waals surface area contributed by atoms with Crippen molar-refractivity contribution < 1.29 is 13.2 Å². The topological polar surface area (TPSA) is 25.2 Å². The maximum atomic E-state index is 13.6. The highest BCUT2D eigenvalue weighted by molar-refractivity contribution is 5.22. The minimum absolute atomic E-state index is 0.0832. The fourth-order valence-corrected chi connectivity index (χ4v) is 1.94. The molecule has 4 heteroatoms. The number of hydrogen-bond acceptors (Lipinski definition) is 2. The van der Waals surface area contributed by atoms with Crippen LogP contribution in [0.25, 0.3) is 0 Å². The van der Waals surface area contributed by atoms with Crippen LogP contribution >= 0.6 is 0 Å². The Morgan fingerprint density at radius 1 is 1.17 bits per heavy atom. The number of likely N-dealkylation sites (N-methyl/N-ethyl adjacent to an activating group) is 1. The molecule has 0 fully saturated rings. The largest absolute Gasteiger partial charge is 0.468 e. The van der Waals surface area contributed by atoms with Gasteiger partial charge in [-0.25, -0.2) is 8.78 Å². The highest BCUT2D eigenvalue weighted by Gasteiger charge is 2.18. The van der Waals surface area contributed by atoms with E-state index in [1.807, 2.05) is 6.92 Å². The standard InChI is InChI=1S/C14H15F2NO/c1-2-17-13(14-7-4-8-18-14)9-10-11(15)5-3-6-12(10)16/h3-8,13,17H,2,9H2,1H3. The Balaban J connectivity index is 2.24. The van der Waals surface area contributed by atoms with E-state index in [2.05, 4.69) is 5.32 Å². The number of rotatable bonds is 5. The van der Waals surface area contributed by atoms with Crippen molar-refractivity contribution in [3.05, 3.63) is 59.6 Å². The van der Waals surface area contributed by atoms with Gasteiger partial charge in [-0.15, -0.1) is 0 Å². The van der Waals surface area contributed by atoms with Crippen LogP contribution in [0.15, 0.2) is 41.0 Å². The molecule has 0 spiro atoms. The average Bonchev–Trinajstić information content (AvgIpc) is 2.86. The van der Waals surface area contributed by atoms with Crippen molar-refractivity contribution in [2.45, 2.75) is 19.4 Å². The first-order valence-corrected chi connectivity index (χ1v) is 5.92. The molecule has 1 unspecified atom stereocenters. The van der Waals surface area contributed by atoms with Crippen LogP contribution in [-0.2, 0) is 6.42 Å². The third kappa shape index (κ3) is 2.76. The first kappa shape index (κ1) is 12.8. The van der Waals surface area contributed by atoms with Crippen LogP contribution in [0.5, 0.6) is 0 Å². The lowest BCUT2D eigenvalue weighted by molar-refractivity contribution is 0.407. The molecule has 0 aliphatic carbocycles. The third-order valence-electron chi connectivity index (χ3n) is 2.81. The molecule has 1 aromatic carbocycles. The highest BCUT2D eigenvalue weighted by atomic mass is 19.1. The van der Waals surface area contributed by atoms with E-state index in [-0.39, 0.29) is 18.0 Å². The molecule has 96 valence electrons. The number of nitrogens with one attached hydrogen (secondary N) is 1. The summed E-state index contributed by atoms with van der Waals surface area (Å²) in [4.78, 5) is 0. The van der Waals surface area contributed by atoms with Gasteiger partial charge in [-0.05, 0) is 30.8 Å². The van der Waals surface area contributed by atoms with Crippen molar-refractivity contribution in [2.75, 3.05) is 6.54 Å². The van der Waals surface area contributed by atoms with Crippen LogP contribution < -0.4 is 5.32 Å². The smallest absolute Gasteiger partial charge is 0.129 e. The zero-order valence-corrected chi connectivity index (χ0v) is 10.1. The Morgan fingerprint density at radius 3 is 2.44 bits per heavy atom. The summed E-state index contributed by atoms with van der Waals surface area (Å²) in [7, 11) is 0. The van der Waals surface area contributed by atoms with Gasteiger partial charge in [0.25, 0.3) is 0 Å². The molecule has 2 nitrogen and oxygen atoms in total. The van der Waals surface area contributed by atoms with E-state index in [4.69, 9.17) is 4.42 Å². The number of hydrogen-bond donors (Lipinski definition) is 1. The molecule has 2 aromatic rings. The van der Waals surface area contributed by atoms with E-state index < -0.39 is 11.6 Å². The summed E-state index contributed by atoms with van der Waals surface area (Å²) in [5.74, 6) is -0.367. The maximum Gasteiger partial charge on any atom is 0.129 e. The maximum absolute atomic E-state index is 13.6. The van der Waals surface area contributed by atoms with E-state index >= 15 is 0 Å². The molecule has 0 bridgehead atoms. The van der Waals surface area contributed by atoms with Crippen LogP contribution in [0.1, 0.15) is 24.3 Å². The Bertz CT molecular complexity index is 476. The first-order chi connectivity index (χ1) is 8.72. The number of benzene rings is 1. The van der Waals surface area contributed by atoms with Crippen molar-refractivity contribution >= 4 is 0 Å². The SMILES string of the molecule is CCNC(Cc1c(F)cccc1F)c1ccco1. The van der Waals surface area contributed by atoms with E-state index in [9.17, 15) is 8.78 Å². The van der Waals surface area contributed by atoms with Crippen LogP contribution in [-0.4, -0.2) is 6.54 Å². The minimum Gasteiger partial charge on any atom is -0.468 e. The van der Waals surface area contributed by atoms with Gasteiger partial charge in [0.2, 0.25) is 0 Å². The molecule has 0 aliphatic heterocycles. The summed E-state index contributed by atoms with van der Waals surface area (Å²) >= 11 is 0. The van der Waals surface area contributed by atoms with Gasteiger partial charge in [0.05, 0.1) is 12.3 Å². The first-order valence-electron chi connectivity index (χ1n) is 5.92. The predicted molar refractivity (Wildman–Crippen MR) is 65.2 cm³/mol. The molecule has 1 atom stereocenters. The second kappa shape index (κ2) is 5.78. The Hall–Kier alpha value is -1.68. The minimum atomic E-state index is -0.524. The summed E-state index contributed by atoms with van der Waals surface area (Å²) in [5.41, 5.74) is 0.0832. The van der Waals surface area contributed by atoms with Crippen LogP contribution in [0.3, 0.4) is 0 Å². The average molecular weight is 251 g/mol. The number of halogens is 2. The van der Waals surface area contributed by atoms with Crippen LogP contribution in [0.2, 0.25) is 0 Å². The summed E-state index contributed by atoms with van der Waals surface area (Å²) in [6.07, 6.45) is 1.78. The van der Waals surface area contributed by atoms with Crippen molar-refractivity contribution in [1.82, 2.24) is 5.32 Å². The van der Waals surface area contributed by atoms with Gasteiger partial charge in [0, 0.05) is 12.0 Å². The quantitative estimate of drug-likeness (QED) is 0.880. The van der Waals surface area contributed by atoms with Gasteiger partial charge in [0.1, 0.15) is 17.4 Å². The third-order valence-corrected chi connectivity index (χ3v) is 2.81. The van der Waals surface area contributed by atoms with E-state index in [0.717, 1.165) is 0 Å². The zero-order valence-electron chi connectivity index (χ0n) is 10.1. The summed E-state index contributed by atoms with van der Waals surface area (Å²) in [6, 6.07) is 7.23. The molecule has 0 aliphatic rings. The Morgan fingerprint density at radius 2 is 1.89 bits per heavy atom. The van der Waals surface area contributed by atoms with Gasteiger partial charge in [0.15, 0.2) is 0 Å². The normalized spacial score (nSPS) is 12.6. The molecule has 1 aromatic heterocycles. The van der Waals surface area contributed by atoms with Crippen molar-refractivity contribution in [3.8, 4) is 0 Å². The second-order valence-corrected chi connectivity index (χ2v) is 4.03. The summed E-state index contributed by atoms with van der Waals surface area (Å²) < 4.78 is 32.5. The second-order valence-electron chi connectivity index (χ2n) is 4.03. The number of furan rings is 1. The molecule has 0 saturated carbocycles. The lowest BCUT2D eigenvalue weighted by Crippen LogP contribution is -2.23. The molecule has 0 radical (unpaired) electrons. The summed E-state index contributed by atoms with van der Waals surface area (Å²) in [6.45, 7) is 2.63. The highest BCUT2D eigenvalue weighted by Crippen LogP contribution is 2.22. The van der Waals surface area contributed by atoms with E-state index in [0.29, 0.717) is 12.3 Å². The van der Waals surface area contributed by atoms with Gasteiger partial charge in [-0.2, -0.15) is 0 Å². The van der Waals surface area contributed by atoms with Gasteiger partial charge < -0.3 is 9.73 Å². The Labute approximate surface area is 105 Å². The molecule has 2 rings (SSSR count). The molecular weight excluding hydrogens is 236 g/mol. The van der Waals surface area contributed by atoms with Crippen molar-refractivity contribution in [1.29, 1.82) is 0 Å². The Kier molecular flexibility index (Phi) is 4.10. The van der Waals surface area contributed by atoms with Crippen molar-refractivity contribution in [2.24, 2.45) is 0 Å². The molecular formula is C14H15F2NO. The lowest BCUT2D eigenvalue weighted by Gasteiger charge is -2.16. The van der Waals surface area contributed by atoms with Gasteiger partial charge in [-0.3, -0.25) is 0 Å². The molecule has 18 heavy (non-hydrogen) atoms. The van der Waals surface area contributed by atoms with E-state index in [1.165, 1.54) is 18.2 Å². The van der Waals surface area contributed by atoms with E-state index in [1.54, 1.807) is 18.4 Å². The fourth-order valence-electron chi connectivity index (χ4n) is 1.94. The molecule has 1 heterocycles. The van der Waals surface area contributed by atoms with Crippen molar-refractivity contribution in [3.63, 3.8) is 0 Å². The lowest BCUT2D eigenvalue weighted by atomic mass is 10.0. The van der Waals surface area contributed by atoms with Crippen LogP contribution in [0, 0.1) is 11.6 Å². The van der Waals surface area contributed by atoms with Gasteiger partial charge >= 0.3 is 0 Å². The fraction of sp³-hybridized carbons (Fsp3) is 0.286. The monoisotopic (exact) mass is 251 g/mol. The predicted octanol–water partition coefficient (Wildman–Crippen LogP) is 3.45. The molecule has 0 amide bonds. The summed E-state index contributed by atoms with van der Waals surface area (Å²) in [5, 5.41) is 3.16. The van der Waals surface area contributed by atoms with Crippen LogP contribution in [0.4, 0.5) is 8.78 Å². The van der Waals surface area contributed by atoms with Gasteiger partial charge in [-0.1, -0.05) is 13.0 Å². The molecule has 0 saturated heterocycles.